The maximum atomic E-state index is 12.8. The molecular weight excluding hydrogens is 424 g/mol. The zero-order valence-electron chi connectivity index (χ0n) is 18.0. The largest absolute Gasteiger partial charge is 0.371 e. The smallest absolute Gasteiger partial charge is 0.323 e. The summed E-state index contributed by atoms with van der Waals surface area (Å²) in [6, 6.07) is 14.4. The van der Waals surface area contributed by atoms with Crippen LogP contribution in [0.25, 0.3) is 11.0 Å². The Labute approximate surface area is 188 Å². The van der Waals surface area contributed by atoms with Crippen molar-refractivity contribution in [3.8, 4) is 0 Å². The number of aromatic amines is 2. The predicted molar refractivity (Wildman–Crippen MR) is 124 cm³/mol. The fourth-order valence-corrected chi connectivity index (χ4v) is 3.57. The van der Waals surface area contributed by atoms with E-state index in [4.69, 9.17) is 0 Å². The number of fused-ring (bicyclic) bond motifs is 1. The number of benzene rings is 2. The Morgan fingerprint density at radius 3 is 2.55 bits per heavy atom. The number of nitrogens with zero attached hydrogens (tertiary/aromatic N) is 2. The van der Waals surface area contributed by atoms with Crippen LogP contribution in [0.2, 0.25) is 0 Å². The van der Waals surface area contributed by atoms with E-state index in [2.05, 4.69) is 25.6 Å². The lowest BCUT2D eigenvalue weighted by Gasteiger charge is -2.16. The molecule has 2 atom stereocenters. The second kappa shape index (κ2) is 8.95. The lowest BCUT2D eigenvalue weighted by molar-refractivity contribution is -0.384. The highest BCUT2D eigenvalue weighted by molar-refractivity contribution is 5.96. The van der Waals surface area contributed by atoms with Gasteiger partial charge in [-0.15, -0.1) is 0 Å². The van der Waals surface area contributed by atoms with Gasteiger partial charge in [0.2, 0.25) is 0 Å². The lowest BCUT2D eigenvalue weighted by Crippen LogP contribution is -2.26. The van der Waals surface area contributed by atoms with Gasteiger partial charge in [0.25, 0.3) is 11.6 Å². The zero-order valence-corrected chi connectivity index (χ0v) is 18.0. The van der Waals surface area contributed by atoms with Crippen molar-refractivity contribution in [2.24, 2.45) is 0 Å². The highest BCUT2D eigenvalue weighted by Crippen LogP contribution is 2.29. The molecule has 168 valence electrons. The maximum absolute atomic E-state index is 12.8. The molecule has 33 heavy (non-hydrogen) atoms. The number of hydrogen-bond donors (Lipinski definition) is 4. The molecule has 0 spiro atoms. The second-order valence-corrected chi connectivity index (χ2v) is 7.69. The van der Waals surface area contributed by atoms with Gasteiger partial charge < -0.3 is 20.6 Å². The van der Waals surface area contributed by atoms with E-state index < -0.39 is 10.8 Å². The molecule has 0 radical (unpaired) electrons. The molecule has 0 aliphatic carbocycles. The van der Waals surface area contributed by atoms with E-state index in [1.54, 1.807) is 37.4 Å². The number of pyridine rings is 1. The van der Waals surface area contributed by atoms with Crippen LogP contribution in [0.4, 0.5) is 11.4 Å². The molecule has 2 heterocycles. The summed E-state index contributed by atoms with van der Waals surface area (Å²) in [5, 5.41) is 17.6. The Hall–Kier alpha value is -4.47. The van der Waals surface area contributed by atoms with E-state index in [0.29, 0.717) is 16.7 Å². The van der Waals surface area contributed by atoms with Crippen LogP contribution in [0, 0.1) is 10.1 Å². The molecule has 10 nitrogen and oxygen atoms in total. The summed E-state index contributed by atoms with van der Waals surface area (Å²) >= 11 is 0. The third kappa shape index (κ3) is 4.74. The number of hydrogen-bond acceptors (Lipinski definition) is 6. The summed E-state index contributed by atoms with van der Waals surface area (Å²) < 4.78 is 0. The molecular formula is C23H22N6O4. The van der Waals surface area contributed by atoms with Crippen LogP contribution in [-0.2, 0) is 0 Å². The molecule has 0 fully saturated rings. The van der Waals surface area contributed by atoms with Crippen LogP contribution in [0.5, 0.6) is 0 Å². The van der Waals surface area contributed by atoms with Gasteiger partial charge >= 0.3 is 5.69 Å². The Bertz CT molecular complexity index is 1380. The fraction of sp³-hybridized carbons (Fsp3) is 0.174. The first-order valence-corrected chi connectivity index (χ1v) is 10.3. The minimum Gasteiger partial charge on any atom is -0.371 e. The van der Waals surface area contributed by atoms with Gasteiger partial charge in [-0.3, -0.25) is 19.9 Å². The van der Waals surface area contributed by atoms with Crippen LogP contribution in [0.1, 0.15) is 47.5 Å². The SMILES string of the molecule is CC(NC(=O)c1ccc(NC(C)c2ccccn2)c([N+](=O)[O-])c1)c1ccc2[nH]c(=O)[nH]c2c1. The van der Waals surface area contributed by atoms with Crippen LogP contribution < -0.4 is 16.3 Å². The number of nitrogens with one attached hydrogen (secondary N) is 4. The first-order chi connectivity index (χ1) is 15.8. The number of anilines is 1. The van der Waals surface area contributed by atoms with Crippen LogP contribution in [0.15, 0.2) is 65.6 Å². The number of nitro benzene ring substituents is 1. The van der Waals surface area contributed by atoms with E-state index in [1.807, 2.05) is 19.1 Å². The van der Waals surface area contributed by atoms with Gasteiger partial charge in [-0.2, -0.15) is 0 Å². The van der Waals surface area contributed by atoms with Gasteiger partial charge in [0, 0.05) is 17.8 Å². The Kier molecular flexibility index (Phi) is 5.90. The highest BCUT2D eigenvalue weighted by atomic mass is 16.6. The summed E-state index contributed by atoms with van der Waals surface area (Å²) in [5.74, 6) is -0.447. The van der Waals surface area contributed by atoms with Crippen molar-refractivity contribution in [1.82, 2.24) is 20.3 Å². The number of carbonyl (C=O) groups is 1. The monoisotopic (exact) mass is 446 g/mol. The normalized spacial score (nSPS) is 12.8. The average molecular weight is 446 g/mol. The topological polar surface area (TPSA) is 146 Å². The minimum atomic E-state index is -0.524. The van der Waals surface area contributed by atoms with Gasteiger partial charge in [0.15, 0.2) is 0 Å². The molecule has 4 aromatic rings. The zero-order chi connectivity index (χ0) is 23.5. The molecule has 0 bridgehead atoms. The van der Waals surface area contributed by atoms with Crippen molar-refractivity contribution in [3.63, 3.8) is 0 Å². The Balaban J connectivity index is 1.52. The van der Waals surface area contributed by atoms with E-state index >= 15 is 0 Å². The number of H-pyrrole nitrogens is 2. The van der Waals surface area contributed by atoms with E-state index in [9.17, 15) is 19.7 Å². The number of aromatic nitrogens is 3. The van der Waals surface area contributed by atoms with E-state index in [0.717, 1.165) is 11.3 Å². The van der Waals surface area contributed by atoms with Gasteiger partial charge in [0.1, 0.15) is 5.69 Å². The van der Waals surface area contributed by atoms with Gasteiger partial charge in [-0.05, 0) is 55.8 Å². The summed E-state index contributed by atoms with van der Waals surface area (Å²) in [5.41, 5.74) is 2.77. The van der Waals surface area contributed by atoms with Gasteiger partial charge in [0.05, 0.1) is 33.7 Å². The van der Waals surface area contributed by atoms with E-state index in [-0.39, 0.29) is 29.0 Å². The number of carbonyl (C=O) groups excluding carboxylic acids is 1. The Morgan fingerprint density at radius 1 is 1.03 bits per heavy atom. The molecule has 0 saturated carbocycles. The summed E-state index contributed by atoms with van der Waals surface area (Å²) in [7, 11) is 0. The molecule has 0 saturated heterocycles. The number of nitro groups is 1. The molecule has 0 aliphatic heterocycles. The second-order valence-electron chi connectivity index (χ2n) is 7.69. The van der Waals surface area contributed by atoms with Crippen molar-refractivity contribution in [2.45, 2.75) is 25.9 Å². The van der Waals surface area contributed by atoms with Gasteiger partial charge in [-0.25, -0.2) is 4.79 Å². The van der Waals surface area contributed by atoms with Crippen molar-refractivity contribution in [2.75, 3.05) is 5.32 Å². The van der Waals surface area contributed by atoms with Crippen LogP contribution >= 0.6 is 0 Å². The minimum absolute atomic E-state index is 0.167. The Morgan fingerprint density at radius 2 is 1.82 bits per heavy atom. The van der Waals surface area contributed by atoms with Crippen molar-refractivity contribution in [3.05, 3.63) is 98.2 Å². The summed E-state index contributed by atoms with van der Waals surface area (Å²) in [6.45, 7) is 3.64. The summed E-state index contributed by atoms with van der Waals surface area (Å²) in [6.07, 6.45) is 1.65. The molecule has 1 amide bonds. The number of imidazole rings is 1. The maximum Gasteiger partial charge on any atom is 0.323 e. The van der Waals surface area contributed by atoms with Gasteiger partial charge in [-0.1, -0.05) is 12.1 Å². The van der Waals surface area contributed by atoms with Crippen molar-refractivity contribution < 1.29 is 9.72 Å². The summed E-state index contributed by atoms with van der Waals surface area (Å²) in [4.78, 5) is 45.0. The average Bonchev–Trinajstić information content (AvgIpc) is 3.18. The molecule has 10 heteroatoms. The third-order valence-electron chi connectivity index (χ3n) is 5.35. The molecule has 2 aromatic heterocycles. The lowest BCUT2D eigenvalue weighted by atomic mass is 10.1. The number of amides is 1. The van der Waals surface area contributed by atoms with E-state index in [1.165, 1.54) is 18.2 Å². The molecule has 2 unspecified atom stereocenters. The number of rotatable bonds is 7. The van der Waals surface area contributed by atoms with Crippen molar-refractivity contribution in [1.29, 1.82) is 0 Å². The molecule has 4 N–H and O–H groups in total. The first-order valence-electron chi connectivity index (χ1n) is 10.3. The van der Waals surface area contributed by atoms with Crippen LogP contribution in [-0.4, -0.2) is 25.8 Å². The third-order valence-corrected chi connectivity index (χ3v) is 5.35. The standard InChI is InChI=1S/C23H22N6O4/c1-13(15-6-8-18-20(11-15)28-23(31)27-18)26-22(30)16-7-9-19(21(12-16)29(32)33)25-14(2)17-5-3-4-10-24-17/h3-14,25H,1-2H3,(H,26,30)(H2,27,28,31). The molecule has 0 aliphatic rings. The quantitative estimate of drug-likeness (QED) is 0.251. The van der Waals surface area contributed by atoms with Crippen molar-refractivity contribution >= 4 is 28.3 Å². The highest BCUT2D eigenvalue weighted by Gasteiger charge is 2.21. The van der Waals surface area contributed by atoms with Crippen LogP contribution in [0.3, 0.4) is 0 Å². The molecule has 4 rings (SSSR count). The fourth-order valence-electron chi connectivity index (χ4n) is 3.57. The molecule has 2 aromatic carbocycles. The first kappa shape index (κ1) is 21.8. The predicted octanol–water partition coefficient (Wildman–Crippen LogP) is 3.82.